The van der Waals surface area contributed by atoms with Gasteiger partial charge >= 0.3 is 12.1 Å². The van der Waals surface area contributed by atoms with E-state index in [0.29, 0.717) is 6.42 Å². The Hall–Kier alpha value is -4.15. The van der Waals surface area contributed by atoms with Gasteiger partial charge in [-0.3, -0.25) is 4.79 Å². The summed E-state index contributed by atoms with van der Waals surface area (Å²) in [6, 6.07) is 8.00. The van der Waals surface area contributed by atoms with E-state index in [1.165, 1.54) is 6.92 Å². The summed E-state index contributed by atoms with van der Waals surface area (Å²) in [5, 5.41) is 14.6. The summed E-state index contributed by atoms with van der Waals surface area (Å²) in [4.78, 5) is 45.0. The number of aromatic carboxylic acids is 1. The Morgan fingerprint density at radius 3 is 2.14 bits per heavy atom. The van der Waals surface area contributed by atoms with E-state index in [-0.39, 0.29) is 34.7 Å². The molecule has 0 aliphatic rings. The topological polar surface area (TPSA) is 157 Å². The molecular weight excluding hydrogens is 468 g/mol. The summed E-state index contributed by atoms with van der Waals surface area (Å²) in [5.41, 5.74) is 0.0153. The second kappa shape index (κ2) is 10.6. The molecule has 2 atom stereocenters. The number of alkyl carbamates (subject to hydrolysis) is 1. The summed E-state index contributed by atoms with van der Waals surface area (Å²) in [6.45, 7) is 9.94. The fourth-order valence-electron chi connectivity index (χ4n) is 3.40. The molecule has 1 aromatic carbocycles. The molecule has 2 heterocycles. The average molecular weight is 499 g/mol. The van der Waals surface area contributed by atoms with Crippen molar-refractivity contribution in [2.75, 3.05) is 0 Å². The number of hydrogen-bond donors (Lipinski definition) is 3. The monoisotopic (exact) mass is 498 g/mol. The number of amides is 2. The van der Waals surface area contributed by atoms with Gasteiger partial charge in [0.15, 0.2) is 11.4 Å². The minimum absolute atomic E-state index is 0.0163. The zero-order chi connectivity index (χ0) is 26.6. The number of nitrogens with one attached hydrogen (secondary N) is 2. The van der Waals surface area contributed by atoms with Gasteiger partial charge in [0.25, 0.3) is 5.91 Å². The summed E-state index contributed by atoms with van der Waals surface area (Å²) in [6.07, 6.45) is -0.294. The zero-order valence-electron chi connectivity index (χ0n) is 21.0. The van der Waals surface area contributed by atoms with E-state index in [9.17, 15) is 19.5 Å². The van der Waals surface area contributed by atoms with Gasteiger partial charge in [-0.05, 0) is 47.1 Å². The number of hydrogen-bond acceptors (Lipinski definition) is 8. The average Bonchev–Trinajstić information content (AvgIpc) is 3.35. The van der Waals surface area contributed by atoms with E-state index >= 15 is 0 Å². The maximum absolute atomic E-state index is 12.9. The highest BCUT2D eigenvalue weighted by Gasteiger charge is 2.28. The maximum atomic E-state index is 12.9. The van der Waals surface area contributed by atoms with E-state index in [4.69, 9.17) is 13.6 Å². The van der Waals surface area contributed by atoms with Gasteiger partial charge in [0.05, 0.1) is 0 Å². The molecule has 192 valence electrons. The van der Waals surface area contributed by atoms with Crippen molar-refractivity contribution in [3.8, 4) is 0 Å². The van der Waals surface area contributed by atoms with Gasteiger partial charge in [-0.25, -0.2) is 19.6 Å². The third kappa shape index (κ3) is 6.71. The third-order valence-corrected chi connectivity index (χ3v) is 5.03. The minimum Gasteiger partial charge on any atom is -0.476 e. The first-order chi connectivity index (χ1) is 16.8. The van der Waals surface area contributed by atoms with Crippen molar-refractivity contribution in [1.82, 2.24) is 20.6 Å². The Labute approximate surface area is 208 Å². The number of carboxylic acids is 1. The molecule has 2 aromatic heterocycles. The van der Waals surface area contributed by atoms with Gasteiger partial charge in [0, 0.05) is 6.42 Å². The highest BCUT2D eigenvalue weighted by atomic mass is 16.6. The van der Waals surface area contributed by atoms with Crippen LogP contribution in [0, 0.1) is 13.8 Å². The molecule has 0 radical (unpaired) electrons. The second-order valence-corrected chi connectivity index (χ2v) is 9.30. The molecule has 0 fully saturated rings. The van der Waals surface area contributed by atoms with Crippen molar-refractivity contribution in [3.05, 3.63) is 70.6 Å². The van der Waals surface area contributed by atoms with Crippen LogP contribution in [0.1, 0.15) is 89.6 Å². The molecule has 0 bridgehead atoms. The Bertz CT molecular complexity index is 1240. The van der Waals surface area contributed by atoms with Crippen LogP contribution in [0.25, 0.3) is 0 Å². The van der Waals surface area contributed by atoms with Gasteiger partial charge < -0.3 is 29.3 Å². The number of nitrogens with zero attached hydrogens (tertiary/aromatic N) is 2. The van der Waals surface area contributed by atoms with Crippen LogP contribution < -0.4 is 10.6 Å². The summed E-state index contributed by atoms with van der Waals surface area (Å²) in [7, 11) is 0. The summed E-state index contributed by atoms with van der Waals surface area (Å²) >= 11 is 0. The quantitative estimate of drug-likeness (QED) is 0.412. The maximum Gasteiger partial charge on any atom is 0.408 e. The molecule has 0 spiro atoms. The molecule has 0 unspecified atom stereocenters. The Morgan fingerprint density at radius 2 is 1.56 bits per heavy atom. The first-order valence-electron chi connectivity index (χ1n) is 11.4. The molecule has 36 heavy (non-hydrogen) atoms. The van der Waals surface area contributed by atoms with Crippen LogP contribution in [-0.4, -0.2) is 38.6 Å². The summed E-state index contributed by atoms with van der Waals surface area (Å²) < 4.78 is 16.6. The van der Waals surface area contributed by atoms with Crippen LogP contribution in [0.5, 0.6) is 0 Å². The van der Waals surface area contributed by atoms with Crippen molar-refractivity contribution >= 4 is 18.0 Å². The van der Waals surface area contributed by atoms with Crippen molar-refractivity contribution in [2.45, 2.75) is 65.6 Å². The van der Waals surface area contributed by atoms with Crippen molar-refractivity contribution in [2.24, 2.45) is 0 Å². The first kappa shape index (κ1) is 26.5. The van der Waals surface area contributed by atoms with Gasteiger partial charge in [0.2, 0.25) is 11.8 Å². The molecule has 11 heteroatoms. The zero-order valence-corrected chi connectivity index (χ0v) is 21.0. The predicted octanol–water partition coefficient (Wildman–Crippen LogP) is 4.28. The van der Waals surface area contributed by atoms with Gasteiger partial charge in [-0.1, -0.05) is 30.3 Å². The highest BCUT2D eigenvalue weighted by molar-refractivity contribution is 5.93. The molecule has 3 aromatic rings. The lowest BCUT2D eigenvalue weighted by Crippen LogP contribution is -2.36. The normalized spacial score (nSPS) is 13.1. The molecule has 3 rings (SSSR count). The number of aromatic nitrogens is 2. The Kier molecular flexibility index (Phi) is 7.81. The molecular formula is C25H30N4O7. The van der Waals surface area contributed by atoms with E-state index in [1.807, 2.05) is 30.3 Å². The number of benzene rings is 1. The number of carbonyl (C=O) groups excluding carboxylic acids is 2. The highest BCUT2D eigenvalue weighted by Crippen LogP contribution is 2.23. The fourth-order valence-corrected chi connectivity index (χ4v) is 3.40. The lowest BCUT2D eigenvalue weighted by molar-refractivity contribution is 0.0494. The van der Waals surface area contributed by atoms with E-state index in [1.54, 1.807) is 34.6 Å². The predicted molar refractivity (Wildman–Crippen MR) is 128 cm³/mol. The smallest absolute Gasteiger partial charge is 0.408 e. The number of carbonyl (C=O) groups is 3. The number of carboxylic acid groups (broad SMARTS) is 1. The second-order valence-electron chi connectivity index (χ2n) is 9.30. The number of aryl methyl sites for hydroxylation is 2. The van der Waals surface area contributed by atoms with Crippen LogP contribution in [-0.2, 0) is 11.2 Å². The first-order valence-corrected chi connectivity index (χ1v) is 11.4. The Morgan fingerprint density at radius 1 is 0.972 bits per heavy atom. The van der Waals surface area contributed by atoms with Crippen LogP contribution in [0.2, 0.25) is 0 Å². The van der Waals surface area contributed by atoms with E-state index in [0.717, 1.165) is 5.56 Å². The lowest BCUT2D eigenvalue weighted by atomic mass is 10.1. The molecule has 0 saturated heterocycles. The number of ether oxygens (including phenoxy) is 1. The van der Waals surface area contributed by atoms with Crippen LogP contribution in [0.4, 0.5) is 4.79 Å². The summed E-state index contributed by atoms with van der Waals surface area (Å²) in [5.74, 6) is -1.23. The number of rotatable bonds is 8. The van der Waals surface area contributed by atoms with Gasteiger partial charge in [0.1, 0.15) is 29.2 Å². The van der Waals surface area contributed by atoms with Gasteiger partial charge in [-0.2, -0.15) is 0 Å². The fraction of sp³-hybridized carbons (Fsp3) is 0.400. The largest absolute Gasteiger partial charge is 0.476 e. The minimum atomic E-state index is -1.22. The standard InChI is InChI=1S/C25H30N4O7/c1-13(21-29-19(23(31)32)15(3)34-21)26-20(30)18-14(2)35-22(28-18)17(12-16-10-8-7-9-11-16)27-24(33)36-25(4,5)6/h7-11,13,17H,12H2,1-6H3,(H,26,30)(H,27,33)(H,31,32)/t13-,17-/m0/s1. The third-order valence-electron chi connectivity index (χ3n) is 5.03. The molecule has 2 amide bonds. The van der Waals surface area contributed by atoms with E-state index in [2.05, 4.69) is 20.6 Å². The van der Waals surface area contributed by atoms with Crippen molar-refractivity contribution in [3.63, 3.8) is 0 Å². The molecule has 0 aliphatic carbocycles. The van der Waals surface area contributed by atoms with Crippen LogP contribution in [0.15, 0.2) is 39.2 Å². The molecule has 0 saturated carbocycles. The SMILES string of the molecule is Cc1oc([C@H](C)NC(=O)c2nc([C@H](Cc3ccccc3)NC(=O)OC(C)(C)C)oc2C)nc1C(=O)O. The molecule has 0 aliphatic heterocycles. The molecule has 11 nitrogen and oxygen atoms in total. The van der Waals surface area contributed by atoms with E-state index < -0.39 is 35.7 Å². The van der Waals surface area contributed by atoms with Crippen LogP contribution >= 0.6 is 0 Å². The van der Waals surface area contributed by atoms with Gasteiger partial charge in [-0.15, -0.1) is 0 Å². The molecule has 3 N–H and O–H groups in total. The number of oxazole rings is 2. The van der Waals surface area contributed by atoms with Crippen LogP contribution in [0.3, 0.4) is 0 Å². The van der Waals surface area contributed by atoms with Crippen molar-refractivity contribution < 1.29 is 33.1 Å². The lowest BCUT2D eigenvalue weighted by Gasteiger charge is -2.22. The Balaban J connectivity index is 1.81. The van der Waals surface area contributed by atoms with Crippen molar-refractivity contribution in [1.29, 1.82) is 0 Å².